The zero-order valence-corrected chi connectivity index (χ0v) is 15.6. The maximum absolute atomic E-state index is 14.5. The van der Waals surface area contributed by atoms with Crippen LogP contribution in [-0.4, -0.2) is 11.7 Å². The fourth-order valence-corrected chi connectivity index (χ4v) is 4.42. The quantitative estimate of drug-likeness (QED) is 0.810. The largest absolute Gasteiger partial charge is 0.329 e. The summed E-state index contributed by atoms with van der Waals surface area (Å²) in [6.07, 6.45) is 0.930. The van der Waals surface area contributed by atoms with E-state index in [2.05, 4.69) is 5.32 Å². The number of ketones is 1. The van der Waals surface area contributed by atoms with Gasteiger partial charge in [-0.1, -0.05) is 47.5 Å². The highest BCUT2D eigenvalue weighted by Gasteiger charge is 2.39. The van der Waals surface area contributed by atoms with Crippen molar-refractivity contribution in [3.8, 4) is 0 Å². The van der Waals surface area contributed by atoms with Crippen LogP contribution in [0.1, 0.15) is 47.8 Å². The van der Waals surface area contributed by atoms with Crippen molar-refractivity contribution < 1.29 is 14.0 Å². The van der Waals surface area contributed by atoms with Gasteiger partial charge < -0.3 is 5.32 Å². The van der Waals surface area contributed by atoms with Gasteiger partial charge in [0.05, 0.1) is 0 Å². The van der Waals surface area contributed by atoms with Gasteiger partial charge in [-0.15, -0.1) is 0 Å². The van der Waals surface area contributed by atoms with Crippen LogP contribution in [0.2, 0.25) is 5.02 Å². The molecular weight excluding hydrogens is 365 g/mol. The third-order valence-corrected chi connectivity index (χ3v) is 5.76. The first kappa shape index (κ1) is 17.9. The van der Waals surface area contributed by atoms with Crippen molar-refractivity contribution >= 4 is 23.3 Å². The van der Waals surface area contributed by atoms with E-state index in [-0.39, 0.29) is 34.6 Å². The molecule has 1 amide bonds. The van der Waals surface area contributed by atoms with E-state index in [1.54, 1.807) is 6.07 Å². The third-order valence-electron chi connectivity index (χ3n) is 5.43. The summed E-state index contributed by atoms with van der Waals surface area (Å²) in [5.41, 5.74) is 3.58. The van der Waals surface area contributed by atoms with Gasteiger partial charge in [-0.3, -0.25) is 9.59 Å². The second-order valence-electron chi connectivity index (χ2n) is 7.27. The highest BCUT2D eigenvalue weighted by Crippen LogP contribution is 2.44. The Labute approximate surface area is 162 Å². The standard InChI is InChI=1S/C22H19ClFNO2/c1-12-5-7-13(8-6-12)14-9-18-22(19(26)10-14)15(11-20(27)25-18)21-16(23)3-2-4-17(21)24/h2-8,14-15H,9-11H2,1H3,(H,25,27). The maximum atomic E-state index is 14.5. The Bertz CT molecular complexity index is 945. The molecule has 3 nitrogen and oxygen atoms in total. The van der Waals surface area contributed by atoms with Crippen LogP contribution >= 0.6 is 11.6 Å². The molecule has 0 spiro atoms. The van der Waals surface area contributed by atoms with E-state index in [9.17, 15) is 14.0 Å². The number of rotatable bonds is 2. The first-order chi connectivity index (χ1) is 12.9. The molecule has 2 aliphatic rings. The molecule has 0 radical (unpaired) electrons. The van der Waals surface area contributed by atoms with Crippen LogP contribution in [-0.2, 0) is 9.59 Å². The number of aryl methyl sites for hydroxylation is 1. The Kier molecular flexibility index (Phi) is 4.60. The van der Waals surface area contributed by atoms with Crippen molar-refractivity contribution in [2.45, 2.75) is 38.0 Å². The molecule has 2 atom stereocenters. The number of nitrogens with one attached hydrogen (secondary N) is 1. The molecule has 0 bridgehead atoms. The van der Waals surface area contributed by atoms with Crippen molar-refractivity contribution in [3.63, 3.8) is 0 Å². The second-order valence-corrected chi connectivity index (χ2v) is 7.68. The Hall–Kier alpha value is -2.46. The second kappa shape index (κ2) is 6.93. The summed E-state index contributed by atoms with van der Waals surface area (Å²) in [7, 11) is 0. The fourth-order valence-electron chi connectivity index (χ4n) is 4.12. The smallest absolute Gasteiger partial charge is 0.225 e. The summed E-state index contributed by atoms with van der Waals surface area (Å²) in [5, 5.41) is 3.10. The van der Waals surface area contributed by atoms with Gasteiger partial charge >= 0.3 is 0 Å². The Morgan fingerprint density at radius 1 is 1.04 bits per heavy atom. The minimum atomic E-state index is -0.631. The van der Waals surface area contributed by atoms with Gasteiger partial charge in [0, 0.05) is 40.6 Å². The molecule has 5 heteroatoms. The lowest BCUT2D eigenvalue weighted by atomic mass is 9.73. The zero-order chi connectivity index (χ0) is 19.1. The number of amides is 1. The molecule has 4 rings (SSSR count). The van der Waals surface area contributed by atoms with Crippen LogP contribution in [0.5, 0.6) is 0 Å². The van der Waals surface area contributed by atoms with Crippen LogP contribution in [0.4, 0.5) is 4.39 Å². The average Bonchev–Trinajstić information content (AvgIpc) is 2.61. The van der Waals surface area contributed by atoms with Crippen LogP contribution in [0.15, 0.2) is 53.7 Å². The number of Topliss-reactive ketones (excluding diaryl/α,β-unsaturated/α-hetero) is 1. The van der Waals surface area contributed by atoms with Crippen LogP contribution in [0, 0.1) is 12.7 Å². The maximum Gasteiger partial charge on any atom is 0.225 e. The Morgan fingerprint density at radius 2 is 1.78 bits per heavy atom. The topological polar surface area (TPSA) is 46.2 Å². The minimum Gasteiger partial charge on any atom is -0.329 e. The Morgan fingerprint density at radius 3 is 2.48 bits per heavy atom. The van der Waals surface area contributed by atoms with Gasteiger partial charge in [-0.05, 0) is 37.0 Å². The SMILES string of the molecule is Cc1ccc(C2CC(=O)C3=C(C2)NC(=O)CC3c2c(F)cccc2Cl)cc1. The molecule has 1 aliphatic heterocycles. The van der Waals surface area contributed by atoms with E-state index in [4.69, 9.17) is 11.6 Å². The molecule has 2 unspecified atom stereocenters. The van der Waals surface area contributed by atoms with E-state index in [0.717, 1.165) is 11.1 Å². The van der Waals surface area contributed by atoms with E-state index in [1.165, 1.54) is 12.1 Å². The molecule has 1 N–H and O–H groups in total. The number of benzene rings is 2. The summed E-state index contributed by atoms with van der Waals surface area (Å²) < 4.78 is 14.5. The van der Waals surface area contributed by atoms with Gasteiger partial charge in [0.15, 0.2) is 5.78 Å². The summed E-state index contributed by atoms with van der Waals surface area (Å²) in [5.74, 6) is -1.37. The van der Waals surface area contributed by atoms with Crippen LogP contribution < -0.4 is 5.32 Å². The first-order valence-electron chi connectivity index (χ1n) is 9.00. The van der Waals surface area contributed by atoms with Crippen molar-refractivity contribution in [2.75, 3.05) is 0 Å². The summed E-state index contributed by atoms with van der Waals surface area (Å²) >= 11 is 6.22. The molecule has 27 heavy (non-hydrogen) atoms. The first-order valence-corrected chi connectivity index (χ1v) is 9.38. The highest BCUT2D eigenvalue weighted by atomic mass is 35.5. The van der Waals surface area contributed by atoms with Gasteiger partial charge in [0.2, 0.25) is 5.91 Å². The van der Waals surface area contributed by atoms with Crippen LogP contribution in [0.3, 0.4) is 0 Å². The van der Waals surface area contributed by atoms with Crippen molar-refractivity contribution in [2.24, 2.45) is 0 Å². The van der Waals surface area contributed by atoms with Gasteiger partial charge in [0.1, 0.15) is 5.82 Å². The molecular formula is C22H19ClFNO2. The number of halogens is 2. The lowest BCUT2D eigenvalue weighted by Crippen LogP contribution is -2.38. The fraction of sp³-hybridized carbons (Fsp3) is 0.273. The molecule has 2 aromatic rings. The average molecular weight is 384 g/mol. The molecule has 0 saturated carbocycles. The van der Waals surface area contributed by atoms with E-state index >= 15 is 0 Å². The predicted molar refractivity (Wildman–Crippen MR) is 102 cm³/mol. The highest BCUT2D eigenvalue weighted by molar-refractivity contribution is 6.31. The molecule has 0 saturated heterocycles. The Balaban J connectivity index is 1.75. The summed E-state index contributed by atoms with van der Waals surface area (Å²) in [4.78, 5) is 25.3. The molecule has 0 fully saturated rings. The summed E-state index contributed by atoms with van der Waals surface area (Å²) in [6.45, 7) is 2.01. The minimum absolute atomic E-state index is 0.00647. The zero-order valence-electron chi connectivity index (χ0n) is 14.9. The molecule has 138 valence electrons. The number of carbonyl (C=O) groups excluding carboxylic acids is 2. The van der Waals surface area contributed by atoms with Gasteiger partial charge in [0.25, 0.3) is 0 Å². The lowest BCUT2D eigenvalue weighted by molar-refractivity contribution is -0.122. The van der Waals surface area contributed by atoms with E-state index in [1.807, 2.05) is 31.2 Å². The monoisotopic (exact) mass is 383 g/mol. The predicted octanol–water partition coefficient (Wildman–Crippen LogP) is 4.79. The normalized spacial score (nSPS) is 22.5. The number of hydrogen-bond acceptors (Lipinski definition) is 2. The van der Waals surface area contributed by atoms with Crippen molar-refractivity contribution in [1.82, 2.24) is 5.32 Å². The molecule has 2 aromatic carbocycles. The molecule has 1 aliphatic carbocycles. The van der Waals surface area contributed by atoms with E-state index in [0.29, 0.717) is 24.1 Å². The van der Waals surface area contributed by atoms with Gasteiger partial charge in [-0.2, -0.15) is 0 Å². The van der Waals surface area contributed by atoms with Crippen LogP contribution in [0.25, 0.3) is 0 Å². The molecule has 1 heterocycles. The lowest BCUT2D eigenvalue weighted by Gasteiger charge is -2.34. The summed E-state index contributed by atoms with van der Waals surface area (Å²) in [6, 6.07) is 12.5. The third kappa shape index (κ3) is 3.30. The number of hydrogen-bond donors (Lipinski definition) is 1. The van der Waals surface area contributed by atoms with E-state index < -0.39 is 11.7 Å². The number of allylic oxidation sites excluding steroid dienone is 2. The van der Waals surface area contributed by atoms with Crippen molar-refractivity contribution in [1.29, 1.82) is 0 Å². The molecule has 0 aromatic heterocycles. The van der Waals surface area contributed by atoms with Crippen molar-refractivity contribution in [3.05, 3.63) is 81.3 Å². The van der Waals surface area contributed by atoms with Gasteiger partial charge in [-0.25, -0.2) is 4.39 Å². The number of carbonyl (C=O) groups is 2.